The molecule has 0 spiro atoms. The maximum atomic E-state index is 12.1. The van der Waals surface area contributed by atoms with Gasteiger partial charge in [-0.05, 0) is 25.5 Å². The van der Waals surface area contributed by atoms with Crippen molar-refractivity contribution in [3.63, 3.8) is 0 Å². The Morgan fingerprint density at radius 3 is 2.75 bits per heavy atom. The topological polar surface area (TPSA) is 45.8 Å². The molecule has 0 bridgehead atoms. The first-order valence-electron chi connectivity index (χ1n) is 5.15. The van der Waals surface area contributed by atoms with Gasteiger partial charge in [-0.3, -0.25) is 4.79 Å². The number of rotatable bonds is 2. The van der Waals surface area contributed by atoms with Crippen LogP contribution in [0, 0.1) is 11.3 Å². The molecule has 0 amide bonds. The summed E-state index contributed by atoms with van der Waals surface area (Å²) in [5.41, 5.74) is -0.799. The normalized spacial score (nSPS) is 14.6. The van der Waals surface area contributed by atoms with Crippen molar-refractivity contribution < 1.29 is 0 Å². The van der Waals surface area contributed by atoms with Crippen LogP contribution in [0.2, 0.25) is 0 Å². The number of nitrogens with zero attached hydrogens (tertiary/aromatic N) is 2. The Bertz CT molecular complexity index is 620. The van der Waals surface area contributed by atoms with E-state index in [1.54, 1.807) is 16.9 Å². The van der Waals surface area contributed by atoms with Crippen molar-refractivity contribution in [3.8, 4) is 6.07 Å². The van der Waals surface area contributed by atoms with E-state index in [0.717, 1.165) is 4.70 Å². The zero-order valence-electron chi connectivity index (χ0n) is 9.23. The lowest BCUT2D eigenvalue weighted by Crippen LogP contribution is -2.33. The molecule has 0 aliphatic heterocycles. The molecular formula is C12H12N2OS. The zero-order chi connectivity index (χ0) is 11.8. The fraction of sp³-hybridized carbons (Fsp3) is 0.333. The average Bonchev–Trinajstić information content (AvgIpc) is 2.67. The van der Waals surface area contributed by atoms with Crippen molar-refractivity contribution in [2.75, 3.05) is 0 Å². The van der Waals surface area contributed by atoms with E-state index in [0.29, 0.717) is 11.8 Å². The lowest BCUT2D eigenvalue weighted by Gasteiger charge is -2.18. The van der Waals surface area contributed by atoms with Gasteiger partial charge in [0.15, 0.2) is 0 Å². The summed E-state index contributed by atoms with van der Waals surface area (Å²) in [5, 5.41) is 9.88. The van der Waals surface area contributed by atoms with E-state index >= 15 is 0 Å². The van der Waals surface area contributed by atoms with Crippen LogP contribution in [0.1, 0.15) is 20.3 Å². The summed E-state index contributed by atoms with van der Waals surface area (Å²) < 4.78 is 2.51. The number of hydrogen-bond donors (Lipinski definition) is 0. The maximum Gasteiger partial charge on any atom is 0.270 e. The van der Waals surface area contributed by atoms with Gasteiger partial charge in [-0.1, -0.05) is 30.6 Å². The van der Waals surface area contributed by atoms with Gasteiger partial charge in [0.25, 0.3) is 5.56 Å². The number of nitriles is 1. The highest BCUT2D eigenvalue weighted by atomic mass is 32.1. The molecule has 0 fully saturated rings. The van der Waals surface area contributed by atoms with Crippen molar-refractivity contribution in [2.45, 2.75) is 25.8 Å². The molecule has 0 saturated carbocycles. The second-order valence-electron chi connectivity index (χ2n) is 3.93. The van der Waals surface area contributed by atoms with E-state index in [1.807, 2.05) is 25.1 Å². The third-order valence-electron chi connectivity index (χ3n) is 2.87. The predicted octanol–water partition coefficient (Wildman–Crippen LogP) is 2.71. The van der Waals surface area contributed by atoms with Crippen molar-refractivity contribution in [3.05, 3.63) is 34.6 Å². The fourth-order valence-electron chi connectivity index (χ4n) is 1.57. The van der Waals surface area contributed by atoms with Gasteiger partial charge >= 0.3 is 0 Å². The van der Waals surface area contributed by atoms with Gasteiger partial charge in [0.05, 0.1) is 16.2 Å². The molecule has 1 unspecified atom stereocenters. The van der Waals surface area contributed by atoms with Crippen LogP contribution in [0.3, 0.4) is 0 Å². The predicted molar refractivity (Wildman–Crippen MR) is 65.6 cm³/mol. The molecule has 0 aliphatic rings. The fourth-order valence-corrected chi connectivity index (χ4v) is 2.71. The molecule has 1 aromatic carbocycles. The molecule has 0 saturated heterocycles. The molecule has 4 heteroatoms. The first kappa shape index (κ1) is 10.9. The van der Waals surface area contributed by atoms with Gasteiger partial charge in [-0.15, -0.1) is 0 Å². The molecule has 1 heterocycles. The molecule has 1 aromatic heterocycles. The molecule has 1 atom stereocenters. The maximum absolute atomic E-state index is 12.1. The highest BCUT2D eigenvalue weighted by Crippen LogP contribution is 2.25. The van der Waals surface area contributed by atoms with E-state index in [1.165, 1.54) is 11.5 Å². The largest absolute Gasteiger partial charge is 0.270 e. The van der Waals surface area contributed by atoms with Gasteiger partial charge < -0.3 is 0 Å². The van der Waals surface area contributed by atoms with E-state index in [9.17, 15) is 10.1 Å². The third-order valence-corrected chi connectivity index (χ3v) is 4.17. The molecule has 0 N–H and O–H groups in total. The molecule has 82 valence electrons. The first-order valence-corrected chi connectivity index (χ1v) is 5.92. The van der Waals surface area contributed by atoms with E-state index < -0.39 is 5.54 Å². The Labute approximate surface area is 97.7 Å². The number of aromatic nitrogens is 1. The van der Waals surface area contributed by atoms with Crippen LogP contribution in [0.5, 0.6) is 0 Å². The lowest BCUT2D eigenvalue weighted by molar-refractivity contribution is 0.430. The summed E-state index contributed by atoms with van der Waals surface area (Å²) in [5.74, 6) is 0. The van der Waals surface area contributed by atoms with E-state index in [2.05, 4.69) is 6.07 Å². The van der Waals surface area contributed by atoms with Crippen molar-refractivity contribution in [1.29, 1.82) is 5.26 Å². The van der Waals surface area contributed by atoms with Crippen molar-refractivity contribution >= 4 is 21.6 Å². The Morgan fingerprint density at radius 2 is 2.19 bits per heavy atom. The van der Waals surface area contributed by atoms with Gasteiger partial charge in [0.1, 0.15) is 5.54 Å². The number of hydrogen-bond acceptors (Lipinski definition) is 3. The highest BCUT2D eigenvalue weighted by molar-refractivity contribution is 7.13. The van der Waals surface area contributed by atoms with Crippen LogP contribution in [0.25, 0.3) is 10.1 Å². The summed E-state index contributed by atoms with van der Waals surface area (Å²) >= 11 is 1.36. The van der Waals surface area contributed by atoms with Crippen molar-refractivity contribution in [1.82, 2.24) is 3.96 Å². The number of benzene rings is 1. The number of fused-ring (bicyclic) bond motifs is 1. The van der Waals surface area contributed by atoms with Crippen LogP contribution in [-0.4, -0.2) is 3.96 Å². The SMILES string of the molecule is CCC(C)(C#N)n1sc2ccccc2c1=O. The molecule has 2 aromatic rings. The van der Waals surface area contributed by atoms with Crippen LogP contribution < -0.4 is 5.56 Å². The lowest BCUT2D eigenvalue weighted by atomic mass is 10.0. The molecule has 2 rings (SSSR count). The van der Waals surface area contributed by atoms with Crippen LogP contribution in [0.4, 0.5) is 0 Å². The van der Waals surface area contributed by atoms with Crippen molar-refractivity contribution in [2.24, 2.45) is 0 Å². The minimum atomic E-state index is -0.735. The summed E-state index contributed by atoms with van der Waals surface area (Å²) in [6, 6.07) is 9.68. The average molecular weight is 232 g/mol. The first-order chi connectivity index (χ1) is 7.62. The van der Waals surface area contributed by atoms with Gasteiger partial charge in [0, 0.05) is 0 Å². The summed E-state index contributed by atoms with van der Waals surface area (Å²) in [6.45, 7) is 3.71. The second kappa shape index (κ2) is 3.76. The molecular weight excluding hydrogens is 220 g/mol. The van der Waals surface area contributed by atoms with E-state index in [4.69, 9.17) is 0 Å². The Hall–Kier alpha value is -1.60. The van der Waals surface area contributed by atoms with Gasteiger partial charge in [-0.2, -0.15) is 5.26 Å². The smallest absolute Gasteiger partial charge is 0.268 e. The molecule has 0 radical (unpaired) electrons. The Morgan fingerprint density at radius 1 is 1.50 bits per heavy atom. The van der Waals surface area contributed by atoms with E-state index in [-0.39, 0.29) is 5.56 Å². The molecule has 3 nitrogen and oxygen atoms in total. The third kappa shape index (κ3) is 1.44. The van der Waals surface area contributed by atoms with Crippen LogP contribution in [0.15, 0.2) is 29.1 Å². The van der Waals surface area contributed by atoms with Gasteiger partial charge in [0.2, 0.25) is 0 Å². The molecule has 16 heavy (non-hydrogen) atoms. The summed E-state index contributed by atoms with van der Waals surface area (Å²) in [6.07, 6.45) is 0.621. The summed E-state index contributed by atoms with van der Waals surface area (Å²) in [7, 11) is 0. The minimum absolute atomic E-state index is 0.0634. The van der Waals surface area contributed by atoms with Crippen LogP contribution in [-0.2, 0) is 5.54 Å². The zero-order valence-corrected chi connectivity index (χ0v) is 10.0. The van der Waals surface area contributed by atoms with Gasteiger partial charge in [-0.25, -0.2) is 3.96 Å². The molecule has 0 aliphatic carbocycles. The summed E-state index contributed by atoms with van der Waals surface area (Å²) in [4.78, 5) is 12.1. The highest BCUT2D eigenvalue weighted by Gasteiger charge is 2.27. The quantitative estimate of drug-likeness (QED) is 0.799. The Balaban J connectivity index is 2.77. The standard InChI is InChI=1S/C12H12N2OS/c1-3-12(2,8-13)14-11(15)9-6-4-5-7-10(9)16-14/h4-7H,3H2,1-2H3. The monoisotopic (exact) mass is 232 g/mol. The second-order valence-corrected chi connectivity index (χ2v) is 4.91. The minimum Gasteiger partial charge on any atom is -0.268 e. The van der Waals surface area contributed by atoms with Crippen LogP contribution >= 0.6 is 11.5 Å². The Kier molecular flexibility index (Phi) is 2.56.